The van der Waals surface area contributed by atoms with Gasteiger partial charge in [0.05, 0.1) is 6.61 Å². The van der Waals surface area contributed by atoms with E-state index in [9.17, 15) is 14.2 Å². The van der Waals surface area contributed by atoms with Gasteiger partial charge < -0.3 is 19.3 Å². The molecule has 0 unspecified atom stereocenters. The number of phosphoric acid groups is 1. The zero-order chi connectivity index (χ0) is 35.4. The van der Waals surface area contributed by atoms with Crippen molar-refractivity contribution in [3.63, 3.8) is 0 Å². The predicted octanol–water partition coefficient (Wildman–Crippen LogP) is 11.0. The Kier molecular flexibility index (Phi) is 33.0. The predicted molar refractivity (Wildman–Crippen MR) is 197 cm³/mol. The van der Waals surface area contributed by atoms with Gasteiger partial charge in [-0.05, 0) is 77.0 Å². The van der Waals surface area contributed by atoms with Gasteiger partial charge >= 0.3 is 19.8 Å². The molecule has 0 radical (unpaired) electrons. The molecule has 2 N–H and O–H groups in total. The van der Waals surface area contributed by atoms with Crippen LogP contribution in [-0.2, 0) is 28.2 Å². The van der Waals surface area contributed by atoms with Crippen LogP contribution < -0.4 is 0 Å². The van der Waals surface area contributed by atoms with E-state index in [4.69, 9.17) is 19.3 Å². The quantitative estimate of drug-likeness (QED) is 0.0301. The number of unbranched alkanes of at least 4 members (excludes halogenated alkanes) is 13. The lowest BCUT2D eigenvalue weighted by atomic mass is 10.1. The summed E-state index contributed by atoms with van der Waals surface area (Å²) < 4.78 is 26.2. The van der Waals surface area contributed by atoms with Crippen molar-refractivity contribution in [2.75, 3.05) is 13.2 Å². The Morgan fingerprint density at radius 2 is 0.958 bits per heavy atom. The van der Waals surface area contributed by atoms with Gasteiger partial charge in [0.2, 0.25) is 0 Å². The third kappa shape index (κ3) is 36.6. The van der Waals surface area contributed by atoms with Crippen LogP contribution in [0.2, 0.25) is 0 Å². The van der Waals surface area contributed by atoms with Gasteiger partial charge in [0.15, 0.2) is 6.10 Å². The van der Waals surface area contributed by atoms with Crippen molar-refractivity contribution in [1.29, 1.82) is 0 Å². The first-order valence-electron chi connectivity index (χ1n) is 18.6. The van der Waals surface area contributed by atoms with Gasteiger partial charge in [0, 0.05) is 12.8 Å². The van der Waals surface area contributed by atoms with Gasteiger partial charge in [-0.15, -0.1) is 0 Å². The second kappa shape index (κ2) is 34.6. The molecule has 276 valence electrons. The molecule has 0 saturated carbocycles. The summed E-state index contributed by atoms with van der Waals surface area (Å²) in [7, 11) is -4.76. The van der Waals surface area contributed by atoms with E-state index in [1.165, 1.54) is 51.4 Å². The smallest absolute Gasteiger partial charge is 0.462 e. The first-order chi connectivity index (χ1) is 23.3. The number of phosphoric ester groups is 1. The second-order valence-electron chi connectivity index (χ2n) is 12.2. The summed E-state index contributed by atoms with van der Waals surface area (Å²) in [5.41, 5.74) is 0. The molecule has 0 amide bonds. The molecule has 0 aliphatic heterocycles. The van der Waals surface area contributed by atoms with E-state index in [0.29, 0.717) is 12.8 Å². The van der Waals surface area contributed by atoms with Crippen molar-refractivity contribution in [3.8, 4) is 0 Å². The maximum absolute atomic E-state index is 12.3. The Bertz CT molecular complexity index is 963. The number of esters is 2. The summed E-state index contributed by atoms with van der Waals surface area (Å²) in [6.45, 7) is 3.56. The van der Waals surface area contributed by atoms with Gasteiger partial charge in [-0.1, -0.05) is 126 Å². The summed E-state index contributed by atoms with van der Waals surface area (Å²) >= 11 is 0. The third-order valence-electron chi connectivity index (χ3n) is 7.51. The average Bonchev–Trinajstić information content (AvgIpc) is 3.05. The number of hydrogen-bond acceptors (Lipinski definition) is 6. The number of carbonyl (C=O) groups excluding carboxylic acids is 2. The lowest BCUT2D eigenvalue weighted by Gasteiger charge is -2.18. The number of carbonyl (C=O) groups is 2. The molecule has 0 heterocycles. The summed E-state index contributed by atoms with van der Waals surface area (Å²) in [4.78, 5) is 42.6. The van der Waals surface area contributed by atoms with Gasteiger partial charge in [-0.3, -0.25) is 14.1 Å². The molecule has 0 aromatic heterocycles. The fourth-order valence-electron chi connectivity index (χ4n) is 4.71. The fraction of sp³-hybridized carbons (Fsp3) is 0.692. The minimum absolute atomic E-state index is 0.187. The number of ether oxygens (including phenoxy) is 2. The maximum Gasteiger partial charge on any atom is 0.469 e. The molecular formula is C39H67O8P. The van der Waals surface area contributed by atoms with E-state index in [1.807, 2.05) is 6.08 Å². The largest absolute Gasteiger partial charge is 0.469 e. The van der Waals surface area contributed by atoms with Crippen LogP contribution in [-0.4, -0.2) is 41.0 Å². The molecule has 0 aromatic rings. The van der Waals surface area contributed by atoms with Gasteiger partial charge in [-0.25, -0.2) is 4.57 Å². The molecule has 0 bridgehead atoms. The number of hydrogen-bond donors (Lipinski definition) is 2. The van der Waals surface area contributed by atoms with Crippen LogP contribution >= 0.6 is 7.82 Å². The van der Waals surface area contributed by atoms with Gasteiger partial charge in [-0.2, -0.15) is 0 Å². The molecule has 8 nitrogen and oxygen atoms in total. The molecule has 0 aliphatic rings. The SMILES string of the molecule is CCCCC/C=C\C/C=C\C/C=C\C/C=C\CCCC(=O)OC[C@H](COP(=O)(O)O)OC(=O)CCCCCCC/C=C\CCCCCC. The normalized spacial score (nSPS) is 13.2. The molecule has 0 fully saturated rings. The summed E-state index contributed by atoms with van der Waals surface area (Å²) in [5.74, 6) is -0.966. The third-order valence-corrected chi connectivity index (χ3v) is 7.99. The number of allylic oxidation sites excluding steroid dienone is 10. The van der Waals surface area contributed by atoms with Crippen molar-refractivity contribution >= 4 is 19.8 Å². The Labute approximate surface area is 292 Å². The lowest BCUT2D eigenvalue weighted by molar-refractivity contribution is -0.161. The minimum atomic E-state index is -4.76. The molecule has 0 aliphatic carbocycles. The molecule has 9 heteroatoms. The first-order valence-corrected chi connectivity index (χ1v) is 20.1. The zero-order valence-corrected chi connectivity index (χ0v) is 31.0. The maximum atomic E-state index is 12.3. The highest BCUT2D eigenvalue weighted by molar-refractivity contribution is 7.46. The van der Waals surface area contributed by atoms with E-state index >= 15 is 0 Å². The molecule has 0 saturated heterocycles. The van der Waals surface area contributed by atoms with E-state index in [1.54, 1.807) is 0 Å². The van der Waals surface area contributed by atoms with Crippen LogP contribution in [0.1, 0.15) is 155 Å². The Hall–Kier alpha value is -2.25. The van der Waals surface area contributed by atoms with Crippen LogP contribution in [0.25, 0.3) is 0 Å². The Morgan fingerprint density at radius 3 is 1.52 bits per heavy atom. The highest BCUT2D eigenvalue weighted by atomic mass is 31.2. The minimum Gasteiger partial charge on any atom is -0.462 e. The molecule has 1 atom stereocenters. The summed E-state index contributed by atoms with van der Waals surface area (Å²) in [6.07, 6.45) is 42.3. The van der Waals surface area contributed by atoms with Crippen LogP contribution in [0.3, 0.4) is 0 Å². The zero-order valence-electron chi connectivity index (χ0n) is 30.1. The molecule has 0 aromatic carbocycles. The highest BCUT2D eigenvalue weighted by Crippen LogP contribution is 2.35. The van der Waals surface area contributed by atoms with Crippen LogP contribution in [0.5, 0.6) is 0 Å². The number of rotatable bonds is 33. The van der Waals surface area contributed by atoms with E-state index < -0.39 is 32.5 Å². The standard InChI is InChI=1S/C39H67O8P/c1-3-5-7-9-11-13-15-17-18-19-20-22-23-25-27-29-31-33-38(40)45-35-37(36-46-48(42,43)44)47-39(41)34-32-30-28-26-24-21-16-14-12-10-8-6-4-2/h11,13-14,16-18,20,22,25,27,37H,3-10,12,15,19,21,23-24,26,28-36H2,1-2H3,(H2,42,43,44)/b13-11-,16-14-,18-17-,22-20-,27-25-/t37-/m1/s1. The van der Waals surface area contributed by atoms with Crippen LogP contribution in [0, 0.1) is 0 Å². The Balaban J connectivity index is 4.10. The van der Waals surface area contributed by atoms with Crippen LogP contribution in [0.4, 0.5) is 0 Å². The van der Waals surface area contributed by atoms with Crippen molar-refractivity contribution in [2.24, 2.45) is 0 Å². The molecule has 0 rings (SSSR count). The van der Waals surface area contributed by atoms with Crippen molar-refractivity contribution in [1.82, 2.24) is 0 Å². The fourth-order valence-corrected chi connectivity index (χ4v) is 5.07. The monoisotopic (exact) mass is 694 g/mol. The van der Waals surface area contributed by atoms with E-state index in [2.05, 4.69) is 73.1 Å². The van der Waals surface area contributed by atoms with Gasteiger partial charge in [0.25, 0.3) is 0 Å². The van der Waals surface area contributed by atoms with Crippen molar-refractivity contribution < 1.29 is 37.9 Å². The summed E-state index contributed by atoms with van der Waals surface area (Å²) in [5, 5.41) is 0. The lowest BCUT2D eigenvalue weighted by Crippen LogP contribution is -2.29. The molecule has 0 spiro atoms. The van der Waals surface area contributed by atoms with Crippen molar-refractivity contribution in [3.05, 3.63) is 60.8 Å². The van der Waals surface area contributed by atoms with Crippen molar-refractivity contribution in [2.45, 2.75) is 161 Å². The van der Waals surface area contributed by atoms with E-state index in [0.717, 1.165) is 64.2 Å². The summed E-state index contributed by atoms with van der Waals surface area (Å²) in [6, 6.07) is 0. The van der Waals surface area contributed by atoms with Crippen LogP contribution in [0.15, 0.2) is 60.8 Å². The second-order valence-corrected chi connectivity index (χ2v) is 13.4. The van der Waals surface area contributed by atoms with Gasteiger partial charge in [0.1, 0.15) is 6.61 Å². The average molecular weight is 695 g/mol. The molecular weight excluding hydrogens is 627 g/mol. The molecule has 48 heavy (non-hydrogen) atoms. The Morgan fingerprint density at radius 1 is 0.542 bits per heavy atom. The highest BCUT2D eigenvalue weighted by Gasteiger charge is 2.22. The van der Waals surface area contributed by atoms with E-state index in [-0.39, 0.29) is 19.4 Å². The topological polar surface area (TPSA) is 119 Å². The first kappa shape index (κ1) is 45.8.